The molecule has 9 heteroatoms. The molecule has 9 nitrogen and oxygen atoms in total. The zero-order valence-corrected chi connectivity index (χ0v) is 14.3. The minimum absolute atomic E-state index is 0.181. The number of ether oxygens (including phenoxy) is 1. The number of benzene rings is 1. The van der Waals surface area contributed by atoms with E-state index in [9.17, 15) is 14.4 Å². The zero-order valence-electron chi connectivity index (χ0n) is 14.3. The summed E-state index contributed by atoms with van der Waals surface area (Å²) < 4.78 is 12.0. The summed E-state index contributed by atoms with van der Waals surface area (Å²) in [7, 11) is 3.71. The van der Waals surface area contributed by atoms with Gasteiger partial charge in [0.1, 0.15) is 6.10 Å². The lowest BCUT2D eigenvalue weighted by Crippen LogP contribution is -2.33. The quantitative estimate of drug-likeness (QED) is 0.849. The van der Waals surface area contributed by atoms with Crippen LogP contribution in [0.25, 0.3) is 11.1 Å². The Bertz CT molecular complexity index is 869. The van der Waals surface area contributed by atoms with E-state index in [2.05, 4.69) is 5.32 Å². The fraction of sp³-hybridized carbons (Fsp3) is 0.438. The van der Waals surface area contributed by atoms with Gasteiger partial charge in [0, 0.05) is 13.0 Å². The largest absolute Gasteiger partial charge is 0.442 e. The average molecular weight is 348 g/mol. The van der Waals surface area contributed by atoms with E-state index in [1.807, 2.05) is 19.0 Å². The Morgan fingerprint density at radius 2 is 2.12 bits per heavy atom. The molecule has 2 aromatic rings. The van der Waals surface area contributed by atoms with Crippen LogP contribution >= 0.6 is 0 Å². The highest BCUT2D eigenvalue weighted by Crippen LogP contribution is 2.25. The number of oxazole rings is 1. The van der Waals surface area contributed by atoms with Gasteiger partial charge in [0.15, 0.2) is 5.58 Å². The molecule has 0 bridgehead atoms. The van der Waals surface area contributed by atoms with Gasteiger partial charge < -0.3 is 14.5 Å². The van der Waals surface area contributed by atoms with Crippen LogP contribution in [0.2, 0.25) is 0 Å². The van der Waals surface area contributed by atoms with E-state index in [0.29, 0.717) is 30.0 Å². The Labute approximate surface area is 143 Å². The van der Waals surface area contributed by atoms with Crippen LogP contribution in [0.15, 0.2) is 27.4 Å². The molecule has 25 heavy (non-hydrogen) atoms. The zero-order chi connectivity index (χ0) is 18.1. The van der Waals surface area contributed by atoms with E-state index in [1.165, 1.54) is 16.4 Å². The van der Waals surface area contributed by atoms with Crippen molar-refractivity contribution in [1.29, 1.82) is 0 Å². The van der Waals surface area contributed by atoms with Gasteiger partial charge in [-0.1, -0.05) is 0 Å². The van der Waals surface area contributed by atoms with Crippen molar-refractivity contribution in [3.05, 3.63) is 28.7 Å². The Morgan fingerprint density at radius 1 is 1.36 bits per heavy atom. The Balaban J connectivity index is 1.83. The van der Waals surface area contributed by atoms with Gasteiger partial charge in [0.2, 0.25) is 5.91 Å². The molecule has 1 aliphatic rings. The first-order valence-electron chi connectivity index (χ1n) is 7.86. The van der Waals surface area contributed by atoms with Crippen LogP contribution < -0.4 is 16.0 Å². The van der Waals surface area contributed by atoms with Crippen molar-refractivity contribution >= 4 is 28.8 Å². The number of fused-ring (bicyclic) bond motifs is 1. The molecule has 1 saturated heterocycles. The molecule has 3 rings (SSSR count). The summed E-state index contributed by atoms with van der Waals surface area (Å²) in [5, 5.41) is 2.63. The number of nitrogens with zero attached hydrogens (tertiary/aromatic N) is 3. The van der Waals surface area contributed by atoms with Gasteiger partial charge >= 0.3 is 11.8 Å². The van der Waals surface area contributed by atoms with Crippen LogP contribution in [0.3, 0.4) is 0 Å². The summed E-state index contributed by atoms with van der Waals surface area (Å²) in [5.41, 5.74) is 1.64. The third kappa shape index (κ3) is 3.50. The predicted octanol–water partition coefficient (Wildman–Crippen LogP) is 0.575. The highest BCUT2D eigenvalue weighted by Gasteiger charge is 2.32. The van der Waals surface area contributed by atoms with Crippen molar-refractivity contribution in [2.75, 3.05) is 32.1 Å². The van der Waals surface area contributed by atoms with Crippen LogP contribution in [0.1, 0.15) is 6.92 Å². The molecular formula is C16H20N4O5. The van der Waals surface area contributed by atoms with Gasteiger partial charge in [0.25, 0.3) is 0 Å². The number of amides is 2. The number of hydrogen-bond donors (Lipinski definition) is 1. The number of anilines is 1. The lowest BCUT2D eigenvalue weighted by atomic mass is 10.2. The molecule has 1 aromatic heterocycles. The number of nitrogens with one attached hydrogen (secondary N) is 1. The first kappa shape index (κ1) is 17.0. The van der Waals surface area contributed by atoms with Crippen molar-refractivity contribution in [1.82, 2.24) is 14.8 Å². The molecule has 2 amide bonds. The normalized spacial score (nSPS) is 17.4. The molecule has 1 atom stereocenters. The number of carbonyl (C=O) groups is 2. The van der Waals surface area contributed by atoms with E-state index in [1.54, 1.807) is 18.2 Å². The third-order valence-corrected chi connectivity index (χ3v) is 3.84. The summed E-state index contributed by atoms with van der Waals surface area (Å²) >= 11 is 0. The Kier molecular flexibility index (Phi) is 4.49. The van der Waals surface area contributed by atoms with Gasteiger partial charge in [-0.2, -0.15) is 0 Å². The summed E-state index contributed by atoms with van der Waals surface area (Å²) in [5.74, 6) is -0.631. The number of rotatable bonds is 5. The second kappa shape index (κ2) is 6.60. The van der Waals surface area contributed by atoms with Crippen LogP contribution in [-0.4, -0.2) is 54.8 Å². The highest BCUT2D eigenvalue weighted by molar-refractivity contribution is 5.92. The van der Waals surface area contributed by atoms with Crippen molar-refractivity contribution in [2.24, 2.45) is 0 Å². The van der Waals surface area contributed by atoms with Crippen LogP contribution in [0.4, 0.5) is 10.5 Å². The molecule has 2 heterocycles. The Hall–Kier alpha value is -2.81. The van der Waals surface area contributed by atoms with Gasteiger partial charge in [0.05, 0.1) is 31.0 Å². The van der Waals surface area contributed by atoms with Crippen molar-refractivity contribution in [3.63, 3.8) is 0 Å². The highest BCUT2D eigenvalue weighted by atomic mass is 16.6. The first-order valence-corrected chi connectivity index (χ1v) is 7.86. The summed E-state index contributed by atoms with van der Waals surface area (Å²) in [6.45, 7) is 2.37. The SMILES string of the molecule is CC(=O)NC[C@H]1CN(c2ccc3c(c2)oc(=O)n3CN(C)C)C(=O)O1. The molecule has 1 aromatic carbocycles. The smallest absolute Gasteiger partial charge is 0.421 e. The number of cyclic esters (lactones) is 1. The molecule has 1 fully saturated rings. The maximum absolute atomic E-state index is 12.1. The predicted molar refractivity (Wildman–Crippen MR) is 90.5 cm³/mol. The van der Waals surface area contributed by atoms with Gasteiger partial charge in [-0.05, 0) is 26.2 Å². The molecule has 134 valence electrons. The second-order valence-electron chi connectivity index (χ2n) is 6.22. The standard InChI is InChI=1S/C16H20N4O5/c1-10(21)17-7-12-8-19(15(22)24-12)11-4-5-13-14(6-11)25-16(23)20(13)9-18(2)3/h4-6,12H,7-9H2,1-3H3,(H,17,21)/t12-/m0/s1. The first-order chi connectivity index (χ1) is 11.8. The van der Waals surface area contributed by atoms with Gasteiger partial charge in [-0.3, -0.25) is 19.2 Å². The maximum Gasteiger partial charge on any atom is 0.421 e. The molecule has 1 N–H and O–H groups in total. The Morgan fingerprint density at radius 3 is 2.80 bits per heavy atom. The van der Waals surface area contributed by atoms with Crippen molar-refractivity contribution in [3.8, 4) is 0 Å². The number of aromatic nitrogens is 1. The molecule has 0 saturated carbocycles. The summed E-state index contributed by atoms with van der Waals surface area (Å²) in [6.07, 6.45) is -0.915. The van der Waals surface area contributed by atoms with Gasteiger partial charge in [-0.25, -0.2) is 9.59 Å². The lowest BCUT2D eigenvalue weighted by Gasteiger charge is -2.13. The van der Waals surface area contributed by atoms with Crippen LogP contribution in [0.5, 0.6) is 0 Å². The maximum atomic E-state index is 12.1. The minimum atomic E-state index is -0.496. The molecule has 0 radical (unpaired) electrons. The molecular weight excluding hydrogens is 328 g/mol. The fourth-order valence-electron chi connectivity index (χ4n) is 2.74. The van der Waals surface area contributed by atoms with Crippen LogP contribution in [-0.2, 0) is 16.2 Å². The topological polar surface area (TPSA) is 97.0 Å². The fourth-order valence-corrected chi connectivity index (χ4v) is 2.74. The number of carbonyl (C=O) groups excluding carboxylic acids is 2. The van der Waals surface area contributed by atoms with Crippen LogP contribution in [0, 0.1) is 0 Å². The monoisotopic (exact) mass is 348 g/mol. The van der Waals surface area contributed by atoms with E-state index < -0.39 is 18.0 Å². The van der Waals surface area contributed by atoms with Crippen molar-refractivity contribution in [2.45, 2.75) is 19.7 Å². The molecule has 0 spiro atoms. The molecule has 1 aliphatic heterocycles. The van der Waals surface area contributed by atoms with E-state index in [-0.39, 0.29) is 12.5 Å². The van der Waals surface area contributed by atoms with E-state index in [4.69, 9.17) is 9.15 Å². The lowest BCUT2D eigenvalue weighted by molar-refractivity contribution is -0.119. The second-order valence-corrected chi connectivity index (χ2v) is 6.22. The van der Waals surface area contributed by atoms with Gasteiger partial charge in [-0.15, -0.1) is 0 Å². The molecule has 0 unspecified atom stereocenters. The third-order valence-electron chi connectivity index (χ3n) is 3.84. The summed E-state index contributed by atoms with van der Waals surface area (Å²) in [6, 6.07) is 5.13. The number of hydrogen-bond acceptors (Lipinski definition) is 6. The van der Waals surface area contributed by atoms with E-state index in [0.717, 1.165) is 0 Å². The van der Waals surface area contributed by atoms with Crippen molar-refractivity contribution < 1.29 is 18.7 Å². The molecule has 0 aliphatic carbocycles. The minimum Gasteiger partial charge on any atom is -0.442 e. The van der Waals surface area contributed by atoms with E-state index >= 15 is 0 Å². The average Bonchev–Trinajstić information content (AvgIpc) is 3.05. The summed E-state index contributed by atoms with van der Waals surface area (Å²) in [4.78, 5) is 38.4.